The Kier molecular flexibility index (Phi) is 2.11. The van der Waals surface area contributed by atoms with Gasteiger partial charge in [0.05, 0.1) is 5.52 Å². The summed E-state index contributed by atoms with van der Waals surface area (Å²) in [5, 5.41) is 0. The van der Waals surface area contributed by atoms with E-state index in [2.05, 4.69) is 20.9 Å². The zero-order chi connectivity index (χ0) is 11.2. The number of nitrogen functional groups attached to an aromatic ring is 1. The predicted molar refractivity (Wildman–Crippen MR) is 56.6 cm³/mol. The van der Waals surface area contributed by atoms with Crippen molar-refractivity contribution in [2.75, 3.05) is 5.84 Å². The van der Waals surface area contributed by atoms with Crippen LogP contribution >= 0.6 is 15.9 Å². The van der Waals surface area contributed by atoms with Crippen LogP contribution in [0.15, 0.2) is 26.2 Å². The zero-order valence-corrected chi connectivity index (χ0v) is 8.84. The van der Waals surface area contributed by atoms with Gasteiger partial charge in [0.1, 0.15) is 11.3 Å². The van der Waals surface area contributed by atoms with Crippen LogP contribution in [0.5, 0.6) is 0 Å². The molecule has 0 fully saturated rings. The number of nitrogens with one attached hydrogen (secondary N) is 1. The summed E-state index contributed by atoms with van der Waals surface area (Å²) in [6, 6.07) is 2.24. The first-order valence-electron chi connectivity index (χ1n) is 3.90. The molecule has 0 aliphatic rings. The first-order chi connectivity index (χ1) is 7.00. The lowest BCUT2D eigenvalue weighted by molar-refractivity contribution is 0.628. The number of hydrogen-bond donors (Lipinski definition) is 2. The van der Waals surface area contributed by atoms with Crippen molar-refractivity contribution in [2.45, 2.75) is 0 Å². The zero-order valence-electron chi connectivity index (χ0n) is 7.25. The Morgan fingerprint density at radius 3 is 2.73 bits per heavy atom. The molecular weight excluding hydrogens is 269 g/mol. The lowest BCUT2D eigenvalue weighted by Gasteiger charge is -2.05. The summed E-state index contributed by atoms with van der Waals surface area (Å²) in [5.74, 6) is 4.86. The van der Waals surface area contributed by atoms with Crippen molar-refractivity contribution >= 4 is 27.0 Å². The number of H-pyrrole nitrogens is 1. The molecule has 0 amide bonds. The van der Waals surface area contributed by atoms with Crippen molar-refractivity contribution in [3.63, 3.8) is 0 Å². The molecule has 78 valence electrons. The maximum atomic E-state index is 13.0. The molecule has 1 aromatic carbocycles. The van der Waals surface area contributed by atoms with E-state index in [4.69, 9.17) is 5.84 Å². The minimum atomic E-state index is -0.894. The highest BCUT2D eigenvalue weighted by Crippen LogP contribution is 2.21. The number of aromatic amines is 1. The van der Waals surface area contributed by atoms with Gasteiger partial charge in [-0.3, -0.25) is 9.59 Å². The predicted octanol–water partition coefficient (Wildman–Crippen LogP) is 0.305. The Balaban J connectivity index is 3.13. The van der Waals surface area contributed by atoms with Crippen LogP contribution in [0.4, 0.5) is 4.39 Å². The Bertz CT molecular complexity index is 661. The standard InChI is InChI=1S/C8H5BrFN3O2/c9-4-1-3(10)2-5-6(4)13(11)8(15)7(14)12-5/h1-2H,11H2,(H,12,14). The normalized spacial score (nSPS) is 10.8. The second-order valence-corrected chi connectivity index (χ2v) is 3.77. The highest BCUT2D eigenvalue weighted by Gasteiger charge is 2.09. The van der Waals surface area contributed by atoms with Crippen LogP contribution in [-0.4, -0.2) is 9.66 Å². The Morgan fingerprint density at radius 1 is 1.40 bits per heavy atom. The van der Waals surface area contributed by atoms with E-state index in [9.17, 15) is 14.0 Å². The van der Waals surface area contributed by atoms with Gasteiger partial charge in [0.15, 0.2) is 0 Å². The molecule has 0 saturated heterocycles. The van der Waals surface area contributed by atoms with E-state index < -0.39 is 16.9 Å². The summed E-state index contributed by atoms with van der Waals surface area (Å²) in [7, 11) is 0. The van der Waals surface area contributed by atoms with Crippen molar-refractivity contribution in [3.8, 4) is 0 Å². The highest BCUT2D eigenvalue weighted by atomic mass is 79.9. The molecule has 0 radical (unpaired) electrons. The van der Waals surface area contributed by atoms with Crippen molar-refractivity contribution in [1.29, 1.82) is 0 Å². The SMILES string of the molecule is Nn1c(=O)c(=O)[nH]c2cc(F)cc(Br)c21. The first-order valence-corrected chi connectivity index (χ1v) is 4.69. The summed E-state index contributed by atoms with van der Waals surface area (Å²) < 4.78 is 14.0. The number of hydrogen-bond acceptors (Lipinski definition) is 3. The summed E-state index contributed by atoms with van der Waals surface area (Å²) in [5.41, 5.74) is -1.38. The van der Waals surface area contributed by atoms with Gasteiger partial charge in [-0.2, -0.15) is 0 Å². The second kappa shape index (κ2) is 3.20. The third-order valence-electron chi connectivity index (χ3n) is 1.93. The number of nitrogens with two attached hydrogens (primary N) is 1. The largest absolute Gasteiger partial charge is 0.336 e. The van der Waals surface area contributed by atoms with E-state index in [1.807, 2.05) is 0 Å². The molecule has 2 rings (SSSR count). The van der Waals surface area contributed by atoms with Gasteiger partial charge in [-0.15, -0.1) is 0 Å². The fraction of sp³-hybridized carbons (Fsp3) is 0. The minimum Gasteiger partial charge on any atom is -0.336 e. The van der Waals surface area contributed by atoms with E-state index in [-0.39, 0.29) is 11.0 Å². The van der Waals surface area contributed by atoms with Crippen molar-refractivity contribution in [2.24, 2.45) is 0 Å². The van der Waals surface area contributed by atoms with E-state index in [0.29, 0.717) is 9.15 Å². The topological polar surface area (TPSA) is 80.9 Å². The van der Waals surface area contributed by atoms with Crippen molar-refractivity contribution < 1.29 is 4.39 Å². The molecule has 0 aliphatic heterocycles. The molecular formula is C8H5BrFN3O2. The monoisotopic (exact) mass is 273 g/mol. The van der Waals surface area contributed by atoms with Crippen LogP contribution in [0, 0.1) is 5.82 Å². The maximum Gasteiger partial charge on any atom is 0.334 e. The van der Waals surface area contributed by atoms with Gasteiger partial charge >= 0.3 is 11.1 Å². The van der Waals surface area contributed by atoms with Crippen LogP contribution in [-0.2, 0) is 0 Å². The van der Waals surface area contributed by atoms with Gasteiger partial charge < -0.3 is 10.8 Å². The first kappa shape index (κ1) is 9.91. The Morgan fingerprint density at radius 2 is 2.07 bits per heavy atom. The van der Waals surface area contributed by atoms with Crippen molar-refractivity contribution in [3.05, 3.63) is 43.1 Å². The molecule has 7 heteroatoms. The van der Waals surface area contributed by atoms with Gasteiger partial charge in [0.2, 0.25) is 0 Å². The average molecular weight is 274 g/mol. The van der Waals surface area contributed by atoms with Crippen LogP contribution in [0.25, 0.3) is 11.0 Å². The van der Waals surface area contributed by atoms with Gasteiger partial charge in [-0.05, 0) is 28.1 Å². The van der Waals surface area contributed by atoms with Crippen LogP contribution < -0.4 is 17.0 Å². The molecule has 0 atom stereocenters. The Hall–Kier alpha value is -1.63. The fourth-order valence-electron chi connectivity index (χ4n) is 1.29. The highest BCUT2D eigenvalue weighted by molar-refractivity contribution is 9.10. The maximum absolute atomic E-state index is 13.0. The van der Waals surface area contributed by atoms with E-state index in [1.165, 1.54) is 0 Å². The summed E-state index contributed by atoms with van der Waals surface area (Å²) in [6.07, 6.45) is 0. The lowest BCUT2D eigenvalue weighted by Crippen LogP contribution is -2.40. The third-order valence-corrected chi connectivity index (χ3v) is 2.53. The van der Waals surface area contributed by atoms with E-state index >= 15 is 0 Å². The van der Waals surface area contributed by atoms with E-state index in [1.54, 1.807) is 0 Å². The number of rotatable bonds is 0. The molecule has 1 aromatic heterocycles. The molecule has 0 unspecified atom stereocenters. The number of aromatic nitrogens is 2. The fourth-order valence-corrected chi connectivity index (χ4v) is 1.92. The summed E-state index contributed by atoms with van der Waals surface area (Å²) in [4.78, 5) is 24.5. The van der Waals surface area contributed by atoms with Gasteiger partial charge in [0.25, 0.3) is 0 Å². The second-order valence-electron chi connectivity index (χ2n) is 2.91. The molecule has 1 heterocycles. The van der Waals surface area contributed by atoms with Gasteiger partial charge in [-0.25, -0.2) is 9.07 Å². The smallest absolute Gasteiger partial charge is 0.334 e. The van der Waals surface area contributed by atoms with Crippen LogP contribution in [0.3, 0.4) is 0 Å². The molecule has 5 nitrogen and oxygen atoms in total. The quantitative estimate of drug-likeness (QED) is 0.535. The Labute approximate surface area is 90.4 Å². The van der Waals surface area contributed by atoms with E-state index in [0.717, 1.165) is 12.1 Å². The third kappa shape index (κ3) is 1.44. The molecule has 0 bridgehead atoms. The molecule has 0 aliphatic carbocycles. The summed E-state index contributed by atoms with van der Waals surface area (Å²) in [6.45, 7) is 0. The average Bonchev–Trinajstić information content (AvgIpc) is 2.13. The van der Waals surface area contributed by atoms with Crippen molar-refractivity contribution in [1.82, 2.24) is 9.66 Å². The summed E-state index contributed by atoms with van der Waals surface area (Å²) >= 11 is 3.06. The molecule has 0 saturated carbocycles. The van der Waals surface area contributed by atoms with Crippen LogP contribution in [0.2, 0.25) is 0 Å². The number of nitrogens with zero attached hydrogens (tertiary/aromatic N) is 1. The number of benzene rings is 1. The molecule has 0 spiro atoms. The van der Waals surface area contributed by atoms with Crippen LogP contribution in [0.1, 0.15) is 0 Å². The van der Waals surface area contributed by atoms with Gasteiger partial charge in [-0.1, -0.05) is 0 Å². The van der Waals surface area contributed by atoms with Gasteiger partial charge in [0, 0.05) is 4.47 Å². The molecule has 2 aromatic rings. The number of halogens is 2. The molecule has 15 heavy (non-hydrogen) atoms. The molecule has 3 N–H and O–H groups in total. The lowest BCUT2D eigenvalue weighted by atomic mass is 10.3. The minimum absolute atomic E-state index is 0.161. The number of fused-ring (bicyclic) bond motifs is 1.